The van der Waals surface area contributed by atoms with Gasteiger partial charge in [0.2, 0.25) is 10.0 Å². The topological polar surface area (TPSA) is 122 Å². The van der Waals surface area contributed by atoms with Crippen molar-refractivity contribution in [1.29, 1.82) is 0 Å². The Bertz CT molecular complexity index is 730. The number of nitrogens with zero attached hydrogens (tertiary/aromatic N) is 1. The molecule has 9 nitrogen and oxygen atoms in total. The Kier molecular flexibility index (Phi) is 6.86. The monoisotopic (exact) mass is 357 g/mol. The first-order valence-corrected chi connectivity index (χ1v) is 8.40. The van der Waals surface area contributed by atoms with Gasteiger partial charge in [0.1, 0.15) is 0 Å². The van der Waals surface area contributed by atoms with Gasteiger partial charge in [-0.3, -0.25) is 10.1 Å². The number of carbonyl (C=O) groups is 3. The van der Waals surface area contributed by atoms with Crippen LogP contribution in [0.5, 0.6) is 0 Å². The highest BCUT2D eigenvalue weighted by Gasteiger charge is 2.19. The second-order valence-corrected chi connectivity index (χ2v) is 6.95. The molecule has 0 fully saturated rings. The van der Waals surface area contributed by atoms with E-state index in [0.717, 1.165) is 10.4 Å². The lowest BCUT2D eigenvalue weighted by Crippen LogP contribution is -2.41. The number of ether oxygens (including phenoxy) is 1. The minimum absolute atomic E-state index is 0.0243. The van der Waals surface area contributed by atoms with Gasteiger partial charge < -0.3 is 10.1 Å². The Hall–Kier alpha value is -2.46. The van der Waals surface area contributed by atoms with E-state index in [1.54, 1.807) is 6.92 Å². The normalized spacial score (nSPS) is 11.0. The van der Waals surface area contributed by atoms with Gasteiger partial charge in [0.25, 0.3) is 5.91 Å². The maximum atomic E-state index is 12.0. The van der Waals surface area contributed by atoms with Crippen molar-refractivity contribution in [1.82, 2.24) is 14.9 Å². The fourth-order valence-corrected chi connectivity index (χ4v) is 2.52. The van der Waals surface area contributed by atoms with E-state index >= 15 is 0 Å². The predicted molar refractivity (Wildman–Crippen MR) is 84.8 cm³/mol. The second-order valence-electron chi connectivity index (χ2n) is 4.80. The van der Waals surface area contributed by atoms with E-state index in [1.807, 2.05) is 5.32 Å². The smallest absolute Gasteiger partial charge is 0.338 e. The highest BCUT2D eigenvalue weighted by molar-refractivity contribution is 7.89. The molecule has 0 aliphatic carbocycles. The average molecular weight is 357 g/mol. The molecule has 0 radical (unpaired) electrons. The van der Waals surface area contributed by atoms with E-state index in [2.05, 4.69) is 5.32 Å². The predicted octanol–water partition coefficient (Wildman–Crippen LogP) is -0.0606. The minimum Gasteiger partial charge on any atom is -0.452 e. The van der Waals surface area contributed by atoms with E-state index in [-0.39, 0.29) is 10.5 Å². The summed E-state index contributed by atoms with van der Waals surface area (Å²) in [4.78, 5) is 34.4. The minimum atomic E-state index is -3.69. The molecule has 0 aliphatic heterocycles. The zero-order valence-corrected chi connectivity index (χ0v) is 14.3. The summed E-state index contributed by atoms with van der Waals surface area (Å²) in [5.74, 6) is -1.68. The summed E-state index contributed by atoms with van der Waals surface area (Å²) < 4.78 is 29.8. The third-order valence-corrected chi connectivity index (χ3v) is 4.58. The number of rotatable bonds is 6. The molecule has 24 heavy (non-hydrogen) atoms. The van der Waals surface area contributed by atoms with Crippen molar-refractivity contribution in [2.24, 2.45) is 0 Å². The van der Waals surface area contributed by atoms with E-state index in [0.29, 0.717) is 6.54 Å². The number of nitrogens with one attached hydrogen (secondary N) is 2. The quantitative estimate of drug-likeness (QED) is 0.688. The van der Waals surface area contributed by atoms with Gasteiger partial charge in [-0.25, -0.2) is 22.3 Å². The van der Waals surface area contributed by atoms with Crippen LogP contribution in [-0.4, -0.2) is 57.9 Å². The molecule has 0 spiro atoms. The SMILES string of the molecule is CCNC(=O)NC(=O)COC(=O)c1cccc(S(=O)(=O)N(C)C)c1. The molecule has 1 rings (SSSR count). The standard InChI is InChI=1S/C14H19N3O6S/c1-4-15-14(20)16-12(18)9-23-13(19)10-6-5-7-11(8-10)24(21,22)17(2)3/h5-8H,4,9H2,1-3H3,(H2,15,16,18,20). The van der Waals surface area contributed by atoms with Crippen LogP contribution in [0.4, 0.5) is 4.79 Å². The summed E-state index contributed by atoms with van der Waals surface area (Å²) in [6.07, 6.45) is 0. The lowest BCUT2D eigenvalue weighted by Gasteiger charge is -2.12. The zero-order chi connectivity index (χ0) is 18.3. The van der Waals surface area contributed by atoms with Crippen LogP contribution in [0.25, 0.3) is 0 Å². The number of imide groups is 1. The molecular formula is C14H19N3O6S. The van der Waals surface area contributed by atoms with Crippen LogP contribution in [0.1, 0.15) is 17.3 Å². The molecule has 0 heterocycles. The summed E-state index contributed by atoms with van der Waals surface area (Å²) in [6.45, 7) is 1.35. The number of amides is 3. The van der Waals surface area contributed by atoms with Crippen LogP contribution in [0, 0.1) is 0 Å². The van der Waals surface area contributed by atoms with Crippen LogP contribution >= 0.6 is 0 Å². The van der Waals surface area contributed by atoms with Gasteiger partial charge in [0.15, 0.2) is 6.61 Å². The van der Waals surface area contributed by atoms with Crippen molar-refractivity contribution in [3.05, 3.63) is 29.8 Å². The lowest BCUT2D eigenvalue weighted by atomic mass is 10.2. The molecule has 10 heteroatoms. The van der Waals surface area contributed by atoms with Crippen molar-refractivity contribution in [2.75, 3.05) is 27.2 Å². The number of carbonyl (C=O) groups excluding carboxylic acids is 3. The first kappa shape index (κ1) is 19.6. The lowest BCUT2D eigenvalue weighted by molar-refractivity contribution is -0.123. The van der Waals surface area contributed by atoms with Gasteiger partial charge in [-0.2, -0.15) is 0 Å². The second kappa shape index (κ2) is 8.41. The Morgan fingerprint density at radius 2 is 1.88 bits per heavy atom. The highest BCUT2D eigenvalue weighted by atomic mass is 32.2. The molecule has 0 unspecified atom stereocenters. The molecule has 3 amide bonds. The van der Waals surface area contributed by atoms with Crippen LogP contribution in [0.15, 0.2) is 29.2 Å². The van der Waals surface area contributed by atoms with Crippen LogP contribution in [0.3, 0.4) is 0 Å². The Labute approximate surface area is 140 Å². The van der Waals surface area contributed by atoms with Gasteiger partial charge in [-0.1, -0.05) is 6.07 Å². The molecule has 132 valence electrons. The van der Waals surface area contributed by atoms with Crippen LogP contribution in [0.2, 0.25) is 0 Å². The van der Waals surface area contributed by atoms with Crippen molar-refractivity contribution in [3.8, 4) is 0 Å². The summed E-state index contributed by atoms with van der Waals surface area (Å²) in [6, 6.07) is 4.55. The number of esters is 1. The molecule has 0 aliphatic rings. The molecule has 0 bridgehead atoms. The third kappa shape index (κ3) is 5.32. The van der Waals surface area contributed by atoms with Crippen molar-refractivity contribution < 1.29 is 27.5 Å². The summed E-state index contributed by atoms with van der Waals surface area (Å²) >= 11 is 0. The molecule has 0 saturated heterocycles. The van der Waals surface area contributed by atoms with E-state index in [1.165, 1.54) is 32.3 Å². The Balaban J connectivity index is 2.73. The van der Waals surface area contributed by atoms with E-state index in [9.17, 15) is 22.8 Å². The van der Waals surface area contributed by atoms with Crippen molar-refractivity contribution in [2.45, 2.75) is 11.8 Å². The highest BCUT2D eigenvalue weighted by Crippen LogP contribution is 2.15. The molecule has 2 N–H and O–H groups in total. The maximum absolute atomic E-state index is 12.0. The fraction of sp³-hybridized carbons (Fsp3) is 0.357. The van der Waals surface area contributed by atoms with E-state index < -0.39 is 34.5 Å². The maximum Gasteiger partial charge on any atom is 0.338 e. The summed E-state index contributed by atoms with van der Waals surface area (Å²) in [5.41, 5.74) is -0.0243. The number of urea groups is 1. The summed E-state index contributed by atoms with van der Waals surface area (Å²) in [7, 11) is -0.959. The van der Waals surface area contributed by atoms with Gasteiger partial charge in [-0.05, 0) is 25.1 Å². The Morgan fingerprint density at radius 1 is 1.21 bits per heavy atom. The zero-order valence-electron chi connectivity index (χ0n) is 13.5. The fourth-order valence-electron chi connectivity index (χ4n) is 1.58. The molecule has 0 atom stereocenters. The first-order valence-electron chi connectivity index (χ1n) is 6.96. The number of benzene rings is 1. The first-order chi connectivity index (χ1) is 11.2. The molecule has 1 aromatic rings. The molecular weight excluding hydrogens is 338 g/mol. The van der Waals surface area contributed by atoms with Crippen molar-refractivity contribution >= 4 is 27.9 Å². The summed E-state index contributed by atoms with van der Waals surface area (Å²) in [5, 5.41) is 4.32. The van der Waals surface area contributed by atoms with Crippen LogP contribution in [-0.2, 0) is 19.6 Å². The van der Waals surface area contributed by atoms with Gasteiger partial charge in [0, 0.05) is 20.6 Å². The third-order valence-electron chi connectivity index (χ3n) is 2.77. The molecule has 1 aromatic carbocycles. The average Bonchev–Trinajstić information content (AvgIpc) is 2.52. The largest absolute Gasteiger partial charge is 0.452 e. The molecule has 0 aromatic heterocycles. The number of hydrogen-bond donors (Lipinski definition) is 2. The van der Waals surface area contributed by atoms with Crippen molar-refractivity contribution in [3.63, 3.8) is 0 Å². The number of sulfonamides is 1. The van der Waals surface area contributed by atoms with Gasteiger partial charge in [-0.15, -0.1) is 0 Å². The Morgan fingerprint density at radius 3 is 2.46 bits per heavy atom. The molecule has 0 saturated carbocycles. The van der Waals surface area contributed by atoms with Gasteiger partial charge >= 0.3 is 12.0 Å². The van der Waals surface area contributed by atoms with Crippen LogP contribution < -0.4 is 10.6 Å². The van der Waals surface area contributed by atoms with Gasteiger partial charge in [0.05, 0.1) is 10.5 Å². The number of hydrogen-bond acceptors (Lipinski definition) is 6. The van der Waals surface area contributed by atoms with E-state index in [4.69, 9.17) is 4.74 Å².